The number of aryl methyl sites for hydroxylation is 1. The van der Waals surface area contributed by atoms with Crippen molar-refractivity contribution in [2.75, 3.05) is 5.73 Å². The molecule has 1 fully saturated rings. The highest BCUT2D eigenvalue weighted by molar-refractivity contribution is 5.68. The molecule has 2 aromatic heterocycles. The fraction of sp³-hybridized carbons (Fsp3) is 0.625. The number of anilines is 1. The molecule has 114 valence electrons. The van der Waals surface area contributed by atoms with Gasteiger partial charge in [0.25, 0.3) is 0 Å². The molecule has 0 bridgehead atoms. The average molecular weight is 287 g/mol. The third kappa shape index (κ3) is 2.69. The average Bonchev–Trinajstić information content (AvgIpc) is 3.10. The van der Waals surface area contributed by atoms with Crippen LogP contribution in [0, 0.1) is 5.92 Å². The van der Waals surface area contributed by atoms with Crippen LogP contribution in [0.4, 0.5) is 5.82 Å². The maximum absolute atomic E-state index is 6.43. The lowest BCUT2D eigenvalue weighted by Crippen LogP contribution is -2.11. The highest BCUT2D eigenvalue weighted by atomic mass is 15.2. The Morgan fingerprint density at radius 3 is 2.76 bits per heavy atom. The SMILES string of the molecule is CCCn1cncc1-c1nc(C2CC2)n(CC(C)C)c1N. The van der Waals surface area contributed by atoms with E-state index in [2.05, 4.69) is 34.9 Å². The molecule has 0 radical (unpaired) electrons. The van der Waals surface area contributed by atoms with Crippen molar-refractivity contribution in [3.63, 3.8) is 0 Å². The number of imidazole rings is 2. The fourth-order valence-electron chi connectivity index (χ4n) is 2.82. The van der Waals surface area contributed by atoms with Gasteiger partial charge < -0.3 is 14.9 Å². The van der Waals surface area contributed by atoms with Crippen molar-refractivity contribution in [3.8, 4) is 11.4 Å². The monoisotopic (exact) mass is 287 g/mol. The molecule has 2 heterocycles. The lowest BCUT2D eigenvalue weighted by molar-refractivity contribution is 0.512. The molecule has 2 N–H and O–H groups in total. The largest absolute Gasteiger partial charge is 0.383 e. The Balaban J connectivity index is 2.04. The number of nitrogen functional groups attached to an aromatic ring is 1. The van der Waals surface area contributed by atoms with E-state index in [9.17, 15) is 0 Å². The second-order valence-electron chi connectivity index (χ2n) is 6.45. The van der Waals surface area contributed by atoms with E-state index in [1.54, 1.807) is 0 Å². The predicted octanol–water partition coefficient (Wildman–Crippen LogP) is 3.27. The van der Waals surface area contributed by atoms with Crippen molar-refractivity contribution < 1.29 is 0 Å². The smallest absolute Gasteiger partial charge is 0.133 e. The molecule has 0 spiro atoms. The van der Waals surface area contributed by atoms with Crippen LogP contribution in [0.25, 0.3) is 11.4 Å². The summed E-state index contributed by atoms with van der Waals surface area (Å²) in [5, 5.41) is 0. The van der Waals surface area contributed by atoms with Gasteiger partial charge in [-0.3, -0.25) is 0 Å². The van der Waals surface area contributed by atoms with E-state index in [4.69, 9.17) is 10.7 Å². The summed E-state index contributed by atoms with van der Waals surface area (Å²) in [5.41, 5.74) is 8.38. The summed E-state index contributed by atoms with van der Waals surface area (Å²) in [6.45, 7) is 8.49. The third-order valence-corrected chi connectivity index (χ3v) is 3.95. The van der Waals surface area contributed by atoms with E-state index in [0.717, 1.165) is 36.7 Å². The summed E-state index contributed by atoms with van der Waals surface area (Å²) >= 11 is 0. The van der Waals surface area contributed by atoms with E-state index in [1.165, 1.54) is 18.7 Å². The molecule has 0 aliphatic heterocycles. The summed E-state index contributed by atoms with van der Waals surface area (Å²) in [6.07, 6.45) is 7.30. The lowest BCUT2D eigenvalue weighted by Gasteiger charge is -2.12. The summed E-state index contributed by atoms with van der Waals surface area (Å²) < 4.78 is 4.37. The molecule has 21 heavy (non-hydrogen) atoms. The second kappa shape index (κ2) is 5.54. The molecule has 2 aromatic rings. The molecule has 0 aromatic carbocycles. The minimum absolute atomic E-state index is 0.562. The van der Waals surface area contributed by atoms with Crippen molar-refractivity contribution >= 4 is 5.82 Å². The molecule has 1 saturated carbocycles. The van der Waals surface area contributed by atoms with Crippen LogP contribution in [0.3, 0.4) is 0 Å². The molecular weight excluding hydrogens is 262 g/mol. The van der Waals surface area contributed by atoms with Gasteiger partial charge in [-0.2, -0.15) is 0 Å². The standard InChI is InChI=1S/C16H25N5/c1-4-7-20-10-18-8-13(20)14-15(17)21(9-11(2)3)16(19-14)12-5-6-12/h8,10-12H,4-7,9,17H2,1-3H3. The van der Waals surface area contributed by atoms with Gasteiger partial charge in [-0.15, -0.1) is 0 Å². The van der Waals surface area contributed by atoms with E-state index in [0.29, 0.717) is 11.8 Å². The molecule has 3 rings (SSSR count). The minimum atomic E-state index is 0.562. The van der Waals surface area contributed by atoms with Gasteiger partial charge in [-0.25, -0.2) is 9.97 Å². The quantitative estimate of drug-likeness (QED) is 0.887. The Morgan fingerprint density at radius 2 is 2.14 bits per heavy atom. The zero-order valence-corrected chi connectivity index (χ0v) is 13.2. The highest BCUT2D eigenvalue weighted by Gasteiger charge is 2.31. The van der Waals surface area contributed by atoms with Gasteiger partial charge in [-0.05, 0) is 25.2 Å². The molecule has 5 heteroatoms. The zero-order valence-electron chi connectivity index (χ0n) is 13.2. The summed E-state index contributed by atoms with van der Waals surface area (Å²) in [5.74, 6) is 3.12. The Kier molecular flexibility index (Phi) is 3.74. The molecule has 0 atom stereocenters. The van der Waals surface area contributed by atoms with Crippen LogP contribution < -0.4 is 5.73 Å². The van der Waals surface area contributed by atoms with Gasteiger partial charge in [0, 0.05) is 19.0 Å². The topological polar surface area (TPSA) is 61.7 Å². The Morgan fingerprint density at radius 1 is 1.38 bits per heavy atom. The molecule has 0 amide bonds. The molecule has 5 nitrogen and oxygen atoms in total. The number of nitrogens with two attached hydrogens (primary N) is 1. The first-order valence-corrected chi connectivity index (χ1v) is 7.98. The van der Waals surface area contributed by atoms with Crippen LogP contribution >= 0.6 is 0 Å². The van der Waals surface area contributed by atoms with Gasteiger partial charge in [0.2, 0.25) is 0 Å². The zero-order chi connectivity index (χ0) is 15.0. The van der Waals surface area contributed by atoms with Crippen molar-refractivity contribution in [3.05, 3.63) is 18.3 Å². The maximum Gasteiger partial charge on any atom is 0.133 e. The number of nitrogens with zero attached hydrogens (tertiary/aromatic N) is 4. The van der Waals surface area contributed by atoms with E-state index in [1.807, 2.05) is 12.5 Å². The van der Waals surface area contributed by atoms with Crippen molar-refractivity contribution in [2.24, 2.45) is 5.92 Å². The maximum atomic E-state index is 6.43. The van der Waals surface area contributed by atoms with Gasteiger partial charge in [0.1, 0.15) is 17.3 Å². The number of aromatic nitrogens is 4. The second-order valence-corrected chi connectivity index (χ2v) is 6.45. The van der Waals surface area contributed by atoms with Crippen molar-refractivity contribution in [2.45, 2.75) is 59.0 Å². The van der Waals surface area contributed by atoms with Crippen LogP contribution in [0.5, 0.6) is 0 Å². The summed E-state index contributed by atoms with van der Waals surface area (Å²) in [4.78, 5) is 9.16. The lowest BCUT2D eigenvalue weighted by atomic mass is 10.2. The number of hydrogen-bond donors (Lipinski definition) is 1. The fourth-order valence-corrected chi connectivity index (χ4v) is 2.82. The van der Waals surface area contributed by atoms with Crippen LogP contribution in [0.2, 0.25) is 0 Å². The Bertz CT molecular complexity index is 619. The summed E-state index contributed by atoms with van der Waals surface area (Å²) in [6, 6.07) is 0. The van der Waals surface area contributed by atoms with Crippen LogP contribution in [0.1, 0.15) is 51.8 Å². The van der Waals surface area contributed by atoms with Crippen LogP contribution in [-0.4, -0.2) is 19.1 Å². The molecule has 0 unspecified atom stereocenters. The Labute approximate surface area is 126 Å². The third-order valence-electron chi connectivity index (χ3n) is 3.95. The number of hydrogen-bond acceptors (Lipinski definition) is 3. The van der Waals surface area contributed by atoms with Gasteiger partial charge in [0.15, 0.2) is 0 Å². The minimum Gasteiger partial charge on any atom is -0.383 e. The molecule has 1 aliphatic rings. The van der Waals surface area contributed by atoms with E-state index in [-0.39, 0.29) is 0 Å². The molecule has 1 aliphatic carbocycles. The van der Waals surface area contributed by atoms with Crippen molar-refractivity contribution in [1.82, 2.24) is 19.1 Å². The van der Waals surface area contributed by atoms with E-state index < -0.39 is 0 Å². The van der Waals surface area contributed by atoms with Gasteiger partial charge >= 0.3 is 0 Å². The highest BCUT2D eigenvalue weighted by Crippen LogP contribution is 2.42. The van der Waals surface area contributed by atoms with Gasteiger partial charge in [0.05, 0.1) is 18.2 Å². The Hall–Kier alpha value is -1.78. The van der Waals surface area contributed by atoms with Crippen LogP contribution in [0.15, 0.2) is 12.5 Å². The molecular formula is C16H25N5. The van der Waals surface area contributed by atoms with E-state index >= 15 is 0 Å². The number of rotatable bonds is 6. The first kappa shape index (κ1) is 14.2. The van der Waals surface area contributed by atoms with Crippen molar-refractivity contribution in [1.29, 1.82) is 0 Å². The first-order valence-electron chi connectivity index (χ1n) is 7.98. The van der Waals surface area contributed by atoms with Crippen LogP contribution in [-0.2, 0) is 13.1 Å². The normalized spacial score (nSPS) is 15.0. The first-order chi connectivity index (χ1) is 10.1. The van der Waals surface area contributed by atoms with Gasteiger partial charge in [-0.1, -0.05) is 20.8 Å². The predicted molar refractivity (Wildman–Crippen MR) is 85.0 cm³/mol. The summed E-state index contributed by atoms with van der Waals surface area (Å²) in [7, 11) is 0. The molecule has 0 saturated heterocycles.